The number of carbonyl (C=O) groups is 1. The first kappa shape index (κ1) is 16.8. The standard InChI is InChI=1S/C17H18N8O2/c1-4-25-12(13(26)9(3)23-25)16-20-15(21-22-16)11-10-6-5-8(2)7-24(10)17(19-11)14(18)27/h5-7,26H,4H2,1-3H3,(H2,18,27)(H,20,21,22). The molecule has 0 saturated heterocycles. The number of nitrogens with two attached hydrogens (primary N) is 1. The van der Waals surface area contributed by atoms with Crippen LogP contribution >= 0.6 is 0 Å². The Morgan fingerprint density at radius 3 is 2.78 bits per heavy atom. The van der Waals surface area contributed by atoms with E-state index in [1.165, 1.54) is 0 Å². The highest BCUT2D eigenvalue weighted by Gasteiger charge is 2.23. The van der Waals surface area contributed by atoms with Crippen LogP contribution in [0.4, 0.5) is 0 Å². The van der Waals surface area contributed by atoms with Gasteiger partial charge in [-0.05, 0) is 32.4 Å². The molecule has 138 valence electrons. The number of amides is 1. The van der Waals surface area contributed by atoms with Gasteiger partial charge < -0.3 is 10.8 Å². The van der Waals surface area contributed by atoms with Crippen LogP contribution in [0.2, 0.25) is 0 Å². The molecule has 0 unspecified atom stereocenters. The summed E-state index contributed by atoms with van der Waals surface area (Å²) in [6.45, 7) is 6.10. The minimum atomic E-state index is -0.644. The summed E-state index contributed by atoms with van der Waals surface area (Å²) in [6.07, 6.45) is 1.78. The van der Waals surface area contributed by atoms with E-state index in [9.17, 15) is 9.90 Å². The molecule has 4 heterocycles. The number of carbonyl (C=O) groups excluding carboxylic acids is 1. The van der Waals surface area contributed by atoms with Crippen molar-refractivity contribution in [3.05, 3.63) is 35.4 Å². The van der Waals surface area contributed by atoms with Crippen LogP contribution in [0, 0.1) is 13.8 Å². The lowest BCUT2D eigenvalue weighted by Crippen LogP contribution is -2.15. The van der Waals surface area contributed by atoms with Gasteiger partial charge in [0.2, 0.25) is 11.6 Å². The molecule has 0 atom stereocenters. The number of rotatable bonds is 4. The van der Waals surface area contributed by atoms with Crippen molar-refractivity contribution in [1.82, 2.24) is 34.3 Å². The number of pyridine rings is 1. The van der Waals surface area contributed by atoms with E-state index in [0.717, 1.165) is 5.56 Å². The number of hydrogen-bond acceptors (Lipinski definition) is 6. The van der Waals surface area contributed by atoms with Gasteiger partial charge >= 0.3 is 0 Å². The number of fused-ring (bicyclic) bond motifs is 1. The van der Waals surface area contributed by atoms with E-state index in [1.807, 2.05) is 26.0 Å². The van der Waals surface area contributed by atoms with Crippen LogP contribution < -0.4 is 5.73 Å². The van der Waals surface area contributed by atoms with Crippen molar-refractivity contribution in [2.24, 2.45) is 5.73 Å². The maximum Gasteiger partial charge on any atom is 0.285 e. The van der Waals surface area contributed by atoms with Crippen LogP contribution in [-0.2, 0) is 6.54 Å². The molecular formula is C17H18N8O2. The largest absolute Gasteiger partial charge is 0.504 e. The fourth-order valence-electron chi connectivity index (χ4n) is 3.04. The summed E-state index contributed by atoms with van der Waals surface area (Å²) in [4.78, 5) is 20.6. The molecular weight excluding hydrogens is 348 g/mol. The first-order valence-electron chi connectivity index (χ1n) is 8.38. The fraction of sp³-hybridized carbons (Fsp3) is 0.235. The van der Waals surface area contributed by atoms with Crippen LogP contribution in [0.3, 0.4) is 0 Å². The molecule has 4 aromatic rings. The Morgan fingerprint density at radius 2 is 2.07 bits per heavy atom. The van der Waals surface area contributed by atoms with Crippen LogP contribution in [0.1, 0.15) is 28.8 Å². The minimum Gasteiger partial charge on any atom is -0.504 e. The summed E-state index contributed by atoms with van der Waals surface area (Å²) in [5, 5.41) is 21.6. The van der Waals surface area contributed by atoms with Gasteiger partial charge in [0.1, 0.15) is 17.1 Å². The SMILES string of the molecule is CCn1nc(C)c(O)c1-c1nc(-c2nc(C(N)=O)n3cc(C)ccc23)n[nH]1. The van der Waals surface area contributed by atoms with Gasteiger partial charge in [-0.3, -0.25) is 19.0 Å². The fourth-order valence-corrected chi connectivity index (χ4v) is 3.04. The summed E-state index contributed by atoms with van der Waals surface area (Å²) in [5.74, 6) is 0.156. The second-order valence-electron chi connectivity index (χ2n) is 6.22. The Hall–Kier alpha value is -3.69. The lowest BCUT2D eigenvalue weighted by atomic mass is 10.2. The molecule has 0 aliphatic rings. The molecule has 1 amide bonds. The highest BCUT2D eigenvalue weighted by atomic mass is 16.3. The molecule has 0 saturated carbocycles. The normalized spacial score (nSPS) is 11.4. The zero-order chi connectivity index (χ0) is 19.3. The smallest absolute Gasteiger partial charge is 0.285 e. The molecule has 0 aliphatic heterocycles. The van der Waals surface area contributed by atoms with Crippen molar-refractivity contribution in [2.75, 3.05) is 0 Å². The highest BCUT2D eigenvalue weighted by molar-refractivity contribution is 5.93. The number of aryl methyl sites for hydroxylation is 3. The highest BCUT2D eigenvalue weighted by Crippen LogP contribution is 2.31. The summed E-state index contributed by atoms with van der Waals surface area (Å²) in [5.41, 5.74) is 8.45. The zero-order valence-electron chi connectivity index (χ0n) is 15.1. The second kappa shape index (κ2) is 5.94. The quantitative estimate of drug-likeness (QED) is 0.499. The first-order chi connectivity index (χ1) is 12.9. The van der Waals surface area contributed by atoms with Crippen molar-refractivity contribution in [3.63, 3.8) is 0 Å². The third kappa shape index (κ3) is 2.53. The topological polar surface area (TPSA) is 140 Å². The molecule has 0 fully saturated rings. The summed E-state index contributed by atoms with van der Waals surface area (Å²) >= 11 is 0. The first-order valence-corrected chi connectivity index (χ1v) is 8.38. The molecule has 10 heteroatoms. The van der Waals surface area contributed by atoms with Crippen molar-refractivity contribution < 1.29 is 9.90 Å². The van der Waals surface area contributed by atoms with E-state index < -0.39 is 5.91 Å². The van der Waals surface area contributed by atoms with E-state index >= 15 is 0 Å². The van der Waals surface area contributed by atoms with E-state index in [0.29, 0.717) is 40.8 Å². The molecule has 27 heavy (non-hydrogen) atoms. The number of hydrogen-bond donors (Lipinski definition) is 3. The molecule has 0 radical (unpaired) electrons. The predicted molar refractivity (Wildman–Crippen MR) is 97.1 cm³/mol. The Kier molecular flexibility index (Phi) is 3.69. The Balaban J connectivity index is 1.89. The summed E-state index contributed by atoms with van der Waals surface area (Å²) in [6, 6.07) is 3.73. The van der Waals surface area contributed by atoms with Crippen LogP contribution in [0.15, 0.2) is 18.3 Å². The van der Waals surface area contributed by atoms with Crippen molar-refractivity contribution in [3.8, 4) is 28.8 Å². The molecule has 0 aliphatic carbocycles. The maximum atomic E-state index is 11.8. The van der Waals surface area contributed by atoms with Crippen molar-refractivity contribution in [1.29, 1.82) is 0 Å². The maximum absolute atomic E-state index is 11.8. The minimum absolute atomic E-state index is 0.0442. The Labute approximate surface area is 153 Å². The molecule has 4 N–H and O–H groups in total. The Morgan fingerprint density at radius 1 is 1.30 bits per heavy atom. The number of aromatic nitrogens is 7. The third-order valence-electron chi connectivity index (χ3n) is 4.32. The number of aromatic amines is 1. The van der Waals surface area contributed by atoms with E-state index in [4.69, 9.17) is 5.73 Å². The average Bonchev–Trinajstić information content (AvgIpc) is 3.31. The Bertz CT molecular complexity index is 1180. The van der Waals surface area contributed by atoms with Gasteiger partial charge in [0.05, 0.1) is 5.52 Å². The molecule has 4 aromatic heterocycles. The monoisotopic (exact) mass is 366 g/mol. The molecule has 4 rings (SSSR count). The van der Waals surface area contributed by atoms with Crippen LogP contribution in [-0.4, -0.2) is 45.4 Å². The van der Waals surface area contributed by atoms with Crippen LogP contribution in [0.25, 0.3) is 28.6 Å². The summed E-state index contributed by atoms with van der Waals surface area (Å²) < 4.78 is 3.26. The van der Waals surface area contributed by atoms with Gasteiger partial charge in [-0.15, -0.1) is 0 Å². The van der Waals surface area contributed by atoms with Gasteiger partial charge in [-0.25, -0.2) is 9.97 Å². The van der Waals surface area contributed by atoms with E-state index in [-0.39, 0.29) is 11.6 Å². The predicted octanol–water partition coefficient (Wildman–Crippen LogP) is 1.42. The van der Waals surface area contributed by atoms with Crippen molar-refractivity contribution in [2.45, 2.75) is 27.3 Å². The number of primary amides is 1. The second-order valence-corrected chi connectivity index (χ2v) is 6.22. The molecule has 0 aromatic carbocycles. The number of imidazole rings is 1. The number of nitrogens with zero attached hydrogens (tertiary/aromatic N) is 6. The van der Waals surface area contributed by atoms with Crippen molar-refractivity contribution >= 4 is 11.4 Å². The van der Waals surface area contributed by atoms with E-state index in [1.54, 1.807) is 22.2 Å². The van der Waals surface area contributed by atoms with Gasteiger partial charge in [0.15, 0.2) is 11.6 Å². The number of nitrogens with one attached hydrogen (secondary N) is 1. The van der Waals surface area contributed by atoms with Gasteiger partial charge in [-0.1, -0.05) is 6.07 Å². The summed E-state index contributed by atoms with van der Waals surface area (Å²) in [7, 11) is 0. The van der Waals surface area contributed by atoms with E-state index in [2.05, 4.69) is 25.3 Å². The van der Waals surface area contributed by atoms with Gasteiger partial charge in [0.25, 0.3) is 5.91 Å². The average molecular weight is 366 g/mol. The molecule has 0 spiro atoms. The number of H-pyrrole nitrogens is 1. The zero-order valence-corrected chi connectivity index (χ0v) is 15.1. The number of aromatic hydroxyl groups is 1. The third-order valence-corrected chi connectivity index (χ3v) is 4.32. The molecule has 10 nitrogen and oxygen atoms in total. The van der Waals surface area contributed by atoms with Gasteiger partial charge in [0, 0.05) is 12.7 Å². The molecule has 0 bridgehead atoms. The lowest BCUT2D eigenvalue weighted by Gasteiger charge is -2.00. The van der Waals surface area contributed by atoms with Gasteiger partial charge in [-0.2, -0.15) is 10.2 Å². The lowest BCUT2D eigenvalue weighted by molar-refractivity contribution is 0.0990. The van der Waals surface area contributed by atoms with Crippen LogP contribution in [0.5, 0.6) is 5.75 Å².